The molecule has 0 spiro atoms. The standard InChI is InChI=1S/C25H47NO2/c1-4-7-8-9-10-11-12-13-14-15-16-17-18-19-20-21-23-28-24-26(22-5-2)25(27)6-3/h10-11,13-14H,4-9,12,15-24H2,1-3H3/b11-10-,14-13-. The van der Waals surface area contributed by atoms with Crippen molar-refractivity contribution in [2.75, 3.05) is 19.9 Å². The van der Waals surface area contributed by atoms with Crippen molar-refractivity contribution in [1.82, 2.24) is 4.90 Å². The second-order valence-corrected chi connectivity index (χ2v) is 7.63. The minimum absolute atomic E-state index is 0.193. The van der Waals surface area contributed by atoms with E-state index in [2.05, 4.69) is 38.2 Å². The number of rotatable bonds is 20. The van der Waals surface area contributed by atoms with Crippen LogP contribution in [0.25, 0.3) is 0 Å². The fraction of sp³-hybridized carbons (Fsp3) is 0.800. The number of unbranched alkanes of at least 4 members (excludes halogenated alkanes) is 9. The zero-order chi connectivity index (χ0) is 20.7. The van der Waals surface area contributed by atoms with Gasteiger partial charge in [-0.25, -0.2) is 0 Å². The maximum atomic E-state index is 11.8. The molecule has 0 atom stereocenters. The Balaban J connectivity index is 3.37. The van der Waals surface area contributed by atoms with Crippen molar-refractivity contribution in [2.24, 2.45) is 0 Å². The number of ether oxygens (including phenoxy) is 1. The van der Waals surface area contributed by atoms with Gasteiger partial charge in [0.2, 0.25) is 5.91 Å². The summed E-state index contributed by atoms with van der Waals surface area (Å²) in [7, 11) is 0. The average molecular weight is 394 g/mol. The van der Waals surface area contributed by atoms with Crippen LogP contribution in [-0.2, 0) is 9.53 Å². The predicted octanol–water partition coefficient (Wildman–Crippen LogP) is 7.42. The van der Waals surface area contributed by atoms with E-state index < -0.39 is 0 Å². The van der Waals surface area contributed by atoms with Crippen LogP contribution in [0.1, 0.15) is 111 Å². The van der Waals surface area contributed by atoms with Crippen molar-refractivity contribution in [1.29, 1.82) is 0 Å². The average Bonchev–Trinajstić information content (AvgIpc) is 2.71. The lowest BCUT2D eigenvalue weighted by Gasteiger charge is -2.21. The summed E-state index contributed by atoms with van der Waals surface area (Å²) in [5.74, 6) is 0.193. The highest BCUT2D eigenvalue weighted by molar-refractivity contribution is 5.75. The number of carbonyl (C=O) groups is 1. The fourth-order valence-corrected chi connectivity index (χ4v) is 3.12. The van der Waals surface area contributed by atoms with E-state index in [1.54, 1.807) is 0 Å². The third-order valence-corrected chi connectivity index (χ3v) is 4.89. The molecule has 0 bridgehead atoms. The molecule has 0 fully saturated rings. The Morgan fingerprint density at radius 1 is 0.750 bits per heavy atom. The minimum Gasteiger partial charge on any atom is -0.361 e. The number of amides is 1. The monoisotopic (exact) mass is 393 g/mol. The van der Waals surface area contributed by atoms with Gasteiger partial charge in [-0.05, 0) is 44.9 Å². The summed E-state index contributed by atoms with van der Waals surface area (Å²) in [6.07, 6.45) is 25.9. The normalized spacial score (nSPS) is 11.7. The van der Waals surface area contributed by atoms with Gasteiger partial charge in [-0.1, -0.05) is 83.6 Å². The molecule has 164 valence electrons. The second kappa shape index (κ2) is 22.2. The van der Waals surface area contributed by atoms with Crippen LogP contribution in [0, 0.1) is 0 Å². The molecule has 1 amide bonds. The summed E-state index contributed by atoms with van der Waals surface area (Å²) >= 11 is 0. The summed E-state index contributed by atoms with van der Waals surface area (Å²) in [5, 5.41) is 0. The summed E-state index contributed by atoms with van der Waals surface area (Å²) in [5.41, 5.74) is 0. The van der Waals surface area contributed by atoms with Crippen LogP contribution in [0.3, 0.4) is 0 Å². The molecule has 0 radical (unpaired) electrons. The Labute approximate surface area is 175 Å². The summed E-state index contributed by atoms with van der Waals surface area (Å²) < 4.78 is 5.68. The van der Waals surface area contributed by atoms with Crippen LogP contribution in [0.15, 0.2) is 24.3 Å². The molecule has 28 heavy (non-hydrogen) atoms. The Morgan fingerprint density at radius 3 is 1.96 bits per heavy atom. The summed E-state index contributed by atoms with van der Waals surface area (Å²) in [4.78, 5) is 13.6. The molecule has 0 heterocycles. The predicted molar refractivity (Wildman–Crippen MR) is 122 cm³/mol. The smallest absolute Gasteiger partial charge is 0.224 e. The highest BCUT2D eigenvalue weighted by Crippen LogP contribution is 2.08. The van der Waals surface area contributed by atoms with E-state index in [4.69, 9.17) is 4.74 Å². The third-order valence-electron chi connectivity index (χ3n) is 4.89. The molecule has 0 aromatic carbocycles. The van der Waals surface area contributed by atoms with E-state index in [1.807, 2.05) is 11.8 Å². The quantitative estimate of drug-likeness (QED) is 0.122. The summed E-state index contributed by atoms with van der Waals surface area (Å²) in [6, 6.07) is 0. The Hall–Kier alpha value is -1.09. The maximum Gasteiger partial charge on any atom is 0.224 e. The molecular formula is C25H47NO2. The highest BCUT2D eigenvalue weighted by Gasteiger charge is 2.09. The molecule has 0 aliphatic carbocycles. The molecule has 3 nitrogen and oxygen atoms in total. The van der Waals surface area contributed by atoms with E-state index in [1.165, 1.54) is 64.2 Å². The molecule has 0 aliphatic rings. The van der Waals surface area contributed by atoms with Crippen molar-refractivity contribution >= 4 is 5.91 Å². The third kappa shape index (κ3) is 18.3. The molecule has 0 rings (SSSR count). The molecule has 0 aromatic heterocycles. The number of hydrogen-bond acceptors (Lipinski definition) is 2. The molecule has 0 aromatic rings. The zero-order valence-corrected chi connectivity index (χ0v) is 19.1. The molecule has 0 aliphatic heterocycles. The molecule has 0 saturated heterocycles. The first-order chi connectivity index (χ1) is 13.8. The second-order valence-electron chi connectivity index (χ2n) is 7.63. The van der Waals surface area contributed by atoms with E-state index >= 15 is 0 Å². The first-order valence-corrected chi connectivity index (χ1v) is 11.9. The Bertz CT molecular complexity index is 390. The van der Waals surface area contributed by atoms with E-state index in [-0.39, 0.29) is 5.91 Å². The fourth-order valence-electron chi connectivity index (χ4n) is 3.12. The van der Waals surface area contributed by atoms with Gasteiger partial charge in [0.25, 0.3) is 0 Å². The first-order valence-electron chi connectivity index (χ1n) is 11.9. The van der Waals surface area contributed by atoms with Crippen LogP contribution in [0.4, 0.5) is 0 Å². The van der Waals surface area contributed by atoms with Crippen LogP contribution in [-0.4, -0.2) is 30.7 Å². The molecule has 3 heteroatoms. The minimum atomic E-state index is 0.193. The van der Waals surface area contributed by atoms with Gasteiger partial charge in [0, 0.05) is 19.6 Å². The van der Waals surface area contributed by atoms with Crippen LogP contribution in [0.2, 0.25) is 0 Å². The van der Waals surface area contributed by atoms with Crippen molar-refractivity contribution in [3.63, 3.8) is 0 Å². The Morgan fingerprint density at radius 2 is 1.36 bits per heavy atom. The van der Waals surface area contributed by atoms with Gasteiger partial charge in [-0.15, -0.1) is 0 Å². The lowest BCUT2D eigenvalue weighted by Crippen LogP contribution is -2.33. The van der Waals surface area contributed by atoms with Crippen LogP contribution < -0.4 is 0 Å². The van der Waals surface area contributed by atoms with Crippen molar-refractivity contribution in [2.45, 2.75) is 111 Å². The molecule has 0 unspecified atom stereocenters. The van der Waals surface area contributed by atoms with Gasteiger partial charge < -0.3 is 9.64 Å². The first kappa shape index (κ1) is 26.9. The van der Waals surface area contributed by atoms with Crippen molar-refractivity contribution < 1.29 is 9.53 Å². The molecular weight excluding hydrogens is 346 g/mol. The number of carbonyl (C=O) groups excluding carboxylic acids is 1. The highest BCUT2D eigenvalue weighted by atomic mass is 16.5. The van der Waals surface area contributed by atoms with Crippen LogP contribution >= 0.6 is 0 Å². The SMILES string of the molecule is CCCCC/C=C\C/C=C\CCCCCCCCOCN(CCC)C(=O)CC. The Kier molecular flexibility index (Phi) is 21.3. The largest absolute Gasteiger partial charge is 0.361 e. The maximum absolute atomic E-state index is 11.8. The summed E-state index contributed by atoms with van der Waals surface area (Å²) in [6.45, 7) is 8.29. The van der Waals surface area contributed by atoms with E-state index in [0.717, 1.165) is 32.4 Å². The van der Waals surface area contributed by atoms with E-state index in [0.29, 0.717) is 13.2 Å². The van der Waals surface area contributed by atoms with Gasteiger partial charge in [0.05, 0.1) is 0 Å². The molecule has 0 saturated carbocycles. The molecule has 0 N–H and O–H groups in total. The number of nitrogens with zero attached hydrogens (tertiary/aromatic N) is 1. The van der Waals surface area contributed by atoms with Crippen LogP contribution in [0.5, 0.6) is 0 Å². The topological polar surface area (TPSA) is 29.5 Å². The van der Waals surface area contributed by atoms with Gasteiger partial charge >= 0.3 is 0 Å². The lowest BCUT2D eigenvalue weighted by atomic mass is 10.1. The van der Waals surface area contributed by atoms with Gasteiger partial charge in [-0.2, -0.15) is 0 Å². The van der Waals surface area contributed by atoms with Gasteiger partial charge in [-0.3, -0.25) is 4.79 Å². The van der Waals surface area contributed by atoms with Crippen molar-refractivity contribution in [3.8, 4) is 0 Å². The van der Waals surface area contributed by atoms with Gasteiger partial charge in [0.1, 0.15) is 6.73 Å². The van der Waals surface area contributed by atoms with Crippen molar-refractivity contribution in [3.05, 3.63) is 24.3 Å². The van der Waals surface area contributed by atoms with E-state index in [9.17, 15) is 4.79 Å². The number of allylic oxidation sites excluding steroid dienone is 4. The number of hydrogen-bond donors (Lipinski definition) is 0. The van der Waals surface area contributed by atoms with Gasteiger partial charge in [0.15, 0.2) is 0 Å². The zero-order valence-electron chi connectivity index (χ0n) is 19.1. The lowest BCUT2D eigenvalue weighted by molar-refractivity contribution is -0.136.